The zero-order chi connectivity index (χ0) is 17.8. The third-order valence-electron chi connectivity index (χ3n) is 3.58. The molecular weight excluding hydrogens is 306 g/mol. The predicted molar refractivity (Wildman–Crippen MR) is 96.2 cm³/mol. The molecule has 1 rings (SSSR count). The molecule has 7 heteroatoms. The van der Waals surface area contributed by atoms with Crippen LogP contribution in [0.1, 0.15) is 52.3 Å². The molecule has 24 heavy (non-hydrogen) atoms. The van der Waals surface area contributed by atoms with Gasteiger partial charge >= 0.3 is 0 Å². The van der Waals surface area contributed by atoms with Crippen molar-refractivity contribution in [3.8, 4) is 0 Å². The highest BCUT2D eigenvalue weighted by atomic mass is 16.5. The second kappa shape index (κ2) is 11.8. The first kappa shape index (κ1) is 20.4. The Labute approximate surface area is 145 Å². The van der Waals surface area contributed by atoms with Crippen LogP contribution in [0.4, 0.5) is 0 Å². The zero-order valence-corrected chi connectivity index (χ0v) is 15.8. The van der Waals surface area contributed by atoms with Gasteiger partial charge in [-0.05, 0) is 39.5 Å². The van der Waals surface area contributed by atoms with Crippen molar-refractivity contribution in [2.24, 2.45) is 10.9 Å². The molecule has 1 aromatic heterocycles. The fourth-order valence-corrected chi connectivity index (χ4v) is 2.36. The van der Waals surface area contributed by atoms with Crippen LogP contribution in [0, 0.1) is 12.8 Å². The molecule has 0 amide bonds. The highest BCUT2D eigenvalue weighted by Crippen LogP contribution is 2.09. The molecule has 1 atom stereocenters. The fraction of sp³-hybridized carbons (Fsp3) is 0.824. The summed E-state index contributed by atoms with van der Waals surface area (Å²) >= 11 is 0. The van der Waals surface area contributed by atoms with E-state index < -0.39 is 0 Å². The van der Waals surface area contributed by atoms with Gasteiger partial charge in [-0.25, -0.2) is 0 Å². The Hall–Kier alpha value is -1.63. The fourth-order valence-electron chi connectivity index (χ4n) is 2.36. The van der Waals surface area contributed by atoms with Gasteiger partial charge in [0.15, 0.2) is 11.8 Å². The van der Waals surface area contributed by atoms with Gasteiger partial charge in [0.05, 0.1) is 6.10 Å². The van der Waals surface area contributed by atoms with Gasteiger partial charge in [0.2, 0.25) is 5.89 Å². The summed E-state index contributed by atoms with van der Waals surface area (Å²) in [6.07, 6.45) is 2.89. The van der Waals surface area contributed by atoms with Crippen molar-refractivity contribution in [3.63, 3.8) is 0 Å². The summed E-state index contributed by atoms with van der Waals surface area (Å²) in [6.45, 7) is 13.5. The summed E-state index contributed by atoms with van der Waals surface area (Å²) < 4.78 is 10.9. The Kier molecular flexibility index (Phi) is 10.1. The zero-order valence-electron chi connectivity index (χ0n) is 15.8. The van der Waals surface area contributed by atoms with Gasteiger partial charge in [-0.2, -0.15) is 4.98 Å². The minimum Gasteiger partial charge on any atom is -0.378 e. The lowest BCUT2D eigenvalue weighted by Crippen LogP contribution is -2.39. The van der Waals surface area contributed by atoms with Gasteiger partial charge in [-0.15, -0.1) is 0 Å². The summed E-state index contributed by atoms with van der Waals surface area (Å²) in [6, 6.07) is 0. The summed E-state index contributed by atoms with van der Waals surface area (Å²) in [5, 5.41) is 10.4. The summed E-state index contributed by atoms with van der Waals surface area (Å²) in [5.41, 5.74) is 0. The third kappa shape index (κ3) is 8.29. The molecule has 0 bridgehead atoms. The quantitative estimate of drug-likeness (QED) is 0.366. The maximum Gasteiger partial charge on any atom is 0.226 e. The van der Waals surface area contributed by atoms with Gasteiger partial charge in [0.25, 0.3) is 0 Å². The van der Waals surface area contributed by atoms with Crippen LogP contribution in [-0.2, 0) is 11.2 Å². The SMILES string of the molecule is CCNC(=NCCCc1nc(C)no1)NCCC(OCC)C(C)C. The lowest BCUT2D eigenvalue weighted by atomic mass is 10.0. The van der Waals surface area contributed by atoms with Crippen LogP contribution < -0.4 is 10.6 Å². The van der Waals surface area contributed by atoms with Crippen LogP contribution in [0.5, 0.6) is 0 Å². The van der Waals surface area contributed by atoms with Crippen LogP contribution in [-0.4, -0.2) is 48.4 Å². The summed E-state index contributed by atoms with van der Waals surface area (Å²) in [5.74, 6) is 2.72. The van der Waals surface area contributed by atoms with Crippen LogP contribution in [0.2, 0.25) is 0 Å². The van der Waals surface area contributed by atoms with E-state index in [1.165, 1.54) is 0 Å². The first-order valence-electron chi connectivity index (χ1n) is 8.99. The number of guanidine groups is 1. The Balaban J connectivity index is 2.33. The van der Waals surface area contributed by atoms with Gasteiger partial charge in [-0.1, -0.05) is 19.0 Å². The maximum atomic E-state index is 5.77. The monoisotopic (exact) mass is 339 g/mol. The molecule has 0 fully saturated rings. The van der Waals surface area contributed by atoms with Gasteiger partial charge in [0, 0.05) is 32.7 Å². The number of nitrogens with one attached hydrogen (secondary N) is 2. The molecule has 0 radical (unpaired) electrons. The van der Waals surface area contributed by atoms with Gasteiger partial charge in [-0.3, -0.25) is 4.99 Å². The van der Waals surface area contributed by atoms with Gasteiger partial charge < -0.3 is 19.9 Å². The first-order chi connectivity index (χ1) is 11.6. The molecule has 1 unspecified atom stereocenters. The largest absolute Gasteiger partial charge is 0.378 e. The van der Waals surface area contributed by atoms with E-state index in [1.807, 2.05) is 13.8 Å². The molecule has 0 aliphatic heterocycles. The van der Waals surface area contributed by atoms with Crippen LogP contribution in [0.3, 0.4) is 0 Å². The first-order valence-corrected chi connectivity index (χ1v) is 8.99. The molecule has 0 aliphatic carbocycles. The van der Waals surface area contributed by atoms with Crippen LogP contribution >= 0.6 is 0 Å². The standard InChI is InChI=1S/C17H33N5O2/c1-6-18-17(20-12-10-15(13(3)4)23-7-2)19-11-8-9-16-21-14(5)22-24-16/h13,15H,6-12H2,1-5H3,(H2,18,19,20). The van der Waals surface area contributed by atoms with E-state index in [9.17, 15) is 0 Å². The Morgan fingerprint density at radius 2 is 2.08 bits per heavy atom. The highest BCUT2D eigenvalue weighted by Gasteiger charge is 2.12. The van der Waals surface area contributed by atoms with Crippen molar-refractivity contribution in [2.75, 3.05) is 26.2 Å². The minimum absolute atomic E-state index is 0.283. The maximum absolute atomic E-state index is 5.77. The molecule has 7 nitrogen and oxygen atoms in total. The van der Waals surface area contributed by atoms with Crippen molar-refractivity contribution < 1.29 is 9.26 Å². The lowest BCUT2D eigenvalue weighted by molar-refractivity contribution is 0.0258. The molecule has 0 aliphatic rings. The molecule has 0 aromatic carbocycles. The highest BCUT2D eigenvalue weighted by molar-refractivity contribution is 5.79. The second-order valence-electron chi connectivity index (χ2n) is 6.05. The predicted octanol–water partition coefficient (Wildman–Crippen LogP) is 2.32. The van der Waals surface area contributed by atoms with E-state index in [1.54, 1.807) is 0 Å². The number of hydrogen-bond acceptors (Lipinski definition) is 5. The minimum atomic E-state index is 0.283. The molecule has 0 saturated heterocycles. The van der Waals surface area contributed by atoms with E-state index >= 15 is 0 Å². The van der Waals surface area contributed by atoms with E-state index in [4.69, 9.17) is 9.26 Å². The van der Waals surface area contributed by atoms with E-state index in [-0.39, 0.29) is 6.10 Å². The number of aromatic nitrogens is 2. The summed E-state index contributed by atoms with van der Waals surface area (Å²) in [4.78, 5) is 8.78. The van der Waals surface area contributed by atoms with Crippen molar-refractivity contribution in [1.29, 1.82) is 0 Å². The molecule has 2 N–H and O–H groups in total. The topological polar surface area (TPSA) is 84.6 Å². The molecular formula is C17H33N5O2. The summed E-state index contributed by atoms with van der Waals surface area (Å²) in [7, 11) is 0. The van der Waals surface area contributed by atoms with Crippen molar-refractivity contribution >= 4 is 5.96 Å². The Morgan fingerprint density at radius 1 is 1.29 bits per heavy atom. The molecule has 0 saturated carbocycles. The Bertz CT molecular complexity index is 473. The van der Waals surface area contributed by atoms with Crippen LogP contribution in [0.25, 0.3) is 0 Å². The number of rotatable bonds is 11. The average Bonchev–Trinajstić information content (AvgIpc) is 2.95. The average molecular weight is 339 g/mol. The van der Waals surface area contributed by atoms with Crippen molar-refractivity contribution in [2.45, 2.75) is 60.0 Å². The molecule has 1 heterocycles. The number of aliphatic imine (C=N–C) groups is 1. The lowest BCUT2D eigenvalue weighted by Gasteiger charge is -2.21. The van der Waals surface area contributed by atoms with Crippen molar-refractivity contribution in [1.82, 2.24) is 20.8 Å². The van der Waals surface area contributed by atoms with E-state index in [0.29, 0.717) is 17.6 Å². The van der Waals surface area contributed by atoms with Crippen LogP contribution in [0.15, 0.2) is 9.52 Å². The molecule has 138 valence electrons. The molecule has 1 aromatic rings. The second-order valence-corrected chi connectivity index (χ2v) is 6.05. The van der Waals surface area contributed by atoms with Crippen molar-refractivity contribution in [3.05, 3.63) is 11.7 Å². The normalized spacial score (nSPS) is 13.3. The third-order valence-corrected chi connectivity index (χ3v) is 3.58. The van der Waals surface area contributed by atoms with E-state index in [0.717, 1.165) is 51.5 Å². The number of hydrogen-bond donors (Lipinski definition) is 2. The molecule has 0 spiro atoms. The number of aryl methyl sites for hydroxylation is 2. The van der Waals surface area contributed by atoms with E-state index in [2.05, 4.69) is 46.5 Å². The van der Waals surface area contributed by atoms with Gasteiger partial charge in [0.1, 0.15) is 0 Å². The Morgan fingerprint density at radius 3 is 2.67 bits per heavy atom. The number of nitrogens with zero attached hydrogens (tertiary/aromatic N) is 3. The number of ether oxygens (including phenoxy) is 1. The smallest absolute Gasteiger partial charge is 0.226 e.